The predicted molar refractivity (Wildman–Crippen MR) is 88.5 cm³/mol. The highest BCUT2D eigenvalue weighted by atomic mass is 35.5. The molecule has 1 atom stereocenters. The van der Waals surface area contributed by atoms with Crippen LogP contribution in [0.4, 0.5) is 10.1 Å². The molecule has 2 rings (SSSR count). The number of rotatable bonds is 6. The summed E-state index contributed by atoms with van der Waals surface area (Å²) in [5.74, 6) is -0.327. The molecule has 0 aliphatic rings. The van der Waals surface area contributed by atoms with Gasteiger partial charge in [-0.05, 0) is 49.1 Å². The third kappa shape index (κ3) is 4.75. The number of nitrogens with one attached hydrogen (secondary N) is 1. The Morgan fingerprint density at radius 3 is 2.48 bits per heavy atom. The molecule has 0 aliphatic heterocycles. The molecular weight excluding hydrogens is 285 g/mol. The molecule has 0 saturated heterocycles. The number of aryl methyl sites for hydroxylation is 1. The smallest absolute Gasteiger partial charge is 0.126 e. The molecule has 0 saturated carbocycles. The van der Waals surface area contributed by atoms with E-state index in [1.165, 1.54) is 36.1 Å². The van der Waals surface area contributed by atoms with E-state index in [4.69, 9.17) is 11.6 Å². The average Bonchev–Trinajstić information content (AvgIpc) is 2.44. The molecule has 1 unspecified atom stereocenters. The summed E-state index contributed by atoms with van der Waals surface area (Å²) in [6, 6.07) is 13.2. The van der Waals surface area contributed by atoms with Crippen LogP contribution < -0.4 is 5.32 Å². The fourth-order valence-corrected chi connectivity index (χ4v) is 2.55. The summed E-state index contributed by atoms with van der Waals surface area (Å²) in [5.41, 5.74) is 3.24. The highest BCUT2D eigenvalue weighted by molar-refractivity contribution is 6.30. The van der Waals surface area contributed by atoms with Gasteiger partial charge in [0.1, 0.15) is 5.82 Å². The molecule has 0 heterocycles. The van der Waals surface area contributed by atoms with E-state index in [0.29, 0.717) is 10.7 Å². The maximum absolute atomic E-state index is 13.3. The highest BCUT2D eigenvalue weighted by Gasteiger charge is 2.07. The van der Waals surface area contributed by atoms with Crippen molar-refractivity contribution in [3.8, 4) is 0 Å². The van der Waals surface area contributed by atoms with Crippen LogP contribution in [0.2, 0.25) is 5.02 Å². The Hall–Kier alpha value is -1.54. The number of unbranched alkanes of at least 4 members (excludes halogenated alkanes) is 1. The minimum Gasteiger partial charge on any atom is -0.378 e. The molecule has 0 fully saturated rings. The van der Waals surface area contributed by atoms with Crippen LogP contribution in [0.15, 0.2) is 42.5 Å². The average molecular weight is 306 g/mol. The van der Waals surface area contributed by atoms with Gasteiger partial charge >= 0.3 is 0 Å². The van der Waals surface area contributed by atoms with Gasteiger partial charge in [-0.2, -0.15) is 0 Å². The first kappa shape index (κ1) is 15.8. The van der Waals surface area contributed by atoms with E-state index in [9.17, 15) is 4.39 Å². The Bertz CT molecular complexity index is 560. The predicted octanol–water partition coefficient (Wildman–Crippen LogP) is 5.99. The lowest BCUT2D eigenvalue weighted by molar-refractivity contribution is 0.628. The van der Waals surface area contributed by atoms with Gasteiger partial charge in [0.25, 0.3) is 0 Å². The second kappa shape index (κ2) is 7.46. The van der Waals surface area contributed by atoms with Crippen LogP contribution in [0.1, 0.15) is 43.9 Å². The van der Waals surface area contributed by atoms with Gasteiger partial charge in [-0.25, -0.2) is 4.39 Å². The van der Waals surface area contributed by atoms with Crippen LogP contribution >= 0.6 is 11.6 Å². The van der Waals surface area contributed by atoms with Gasteiger partial charge < -0.3 is 5.32 Å². The summed E-state index contributed by atoms with van der Waals surface area (Å²) in [5, 5.41) is 3.68. The zero-order valence-corrected chi connectivity index (χ0v) is 13.3. The lowest BCUT2D eigenvalue weighted by Gasteiger charge is -2.16. The van der Waals surface area contributed by atoms with Crippen molar-refractivity contribution in [2.24, 2.45) is 0 Å². The Kier molecular flexibility index (Phi) is 5.63. The molecule has 21 heavy (non-hydrogen) atoms. The van der Waals surface area contributed by atoms with Crippen molar-refractivity contribution >= 4 is 17.3 Å². The van der Waals surface area contributed by atoms with Crippen LogP contribution in [0.25, 0.3) is 0 Å². The van der Waals surface area contributed by atoms with E-state index in [2.05, 4.69) is 43.4 Å². The monoisotopic (exact) mass is 305 g/mol. The first-order valence-corrected chi connectivity index (χ1v) is 7.77. The highest BCUT2D eigenvalue weighted by Crippen LogP contribution is 2.23. The summed E-state index contributed by atoms with van der Waals surface area (Å²) in [7, 11) is 0. The van der Waals surface area contributed by atoms with Crippen LogP contribution in [-0.4, -0.2) is 0 Å². The molecule has 1 nitrogen and oxygen atoms in total. The van der Waals surface area contributed by atoms with Crippen molar-refractivity contribution in [1.82, 2.24) is 0 Å². The summed E-state index contributed by atoms with van der Waals surface area (Å²) in [4.78, 5) is 0. The third-order valence-corrected chi connectivity index (χ3v) is 3.76. The molecule has 0 spiro atoms. The Morgan fingerprint density at radius 2 is 1.86 bits per heavy atom. The van der Waals surface area contributed by atoms with Gasteiger partial charge in [0, 0.05) is 16.8 Å². The van der Waals surface area contributed by atoms with E-state index < -0.39 is 0 Å². The van der Waals surface area contributed by atoms with Gasteiger partial charge in [-0.3, -0.25) is 0 Å². The van der Waals surface area contributed by atoms with Crippen LogP contribution in [0.5, 0.6) is 0 Å². The standard InChI is InChI=1S/C18H21ClFN/c1-3-4-5-14-6-8-15(9-7-14)13(2)21-18-11-16(19)10-17(20)12-18/h6-13,21H,3-5H2,1-2H3. The molecule has 2 aromatic rings. The second-order valence-corrected chi connectivity index (χ2v) is 5.81. The van der Waals surface area contributed by atoms with Crippen LogP contribution in [0, 0.1) is 5.82 Å². The Balaban J connectivity index is 2.04. The molecule has 0 aliphatic carbocycles. The fraction of sp³-hybridized carbons (Fsp3) is 0.333. The van der Waals surface area contributed by atoms with Crippen molar-refractivity contribution < 1.29 is 4.39 Å². The van der Waals surface area contributed by atoms with E-state index in [1.807, 2.05) is 0 Å². The normalized spacial score (nSPS) is 12.2. The SMILES string of the molecule is CCCCc1ccc(C(C)Nc2cc(F)cc(Cl)c2)cc1. The molecule has 112 valence electrons. The maximum Gasteiger partial charge on any atom is 0.126 e. The number of benzene rings is 2. The van der Waals surface area contributed by atoms with Crippen LogP contribution in [0.3, 0.4) is 0 Å². The Labute approximate surface area is 131 Å². The lowest BCUT2D eigenvalue weighted by Crippen LogP contribution is -2.06. The topological polar surface area (TPSA) is 12.0 Å². The first-order chi connectivity index (χ1) is 10.1. The van der Waals surface area contributed by atoms with E-state index in [1.54, 1.807) is 6.07 Å². The van der Waals surface area contributed by atoms with Gasteiger partial charge in [0.2, 0.25) is 0 Å². The van der Waals surface area contributed by atoms with Crippen LogP contribution in [-0.2, 0) is 6.42 Å². The van der Waals surface area contributed by atoms with Crippen molar-refractivity contribution in [2.75, 3.05) is 5.32 Å². The number of anilines is 1. The summed E-state index contributed by atoms with van der Waals surface area (Å²) in [6.45, 7) is 4.25. The first-order valence-electron chi connectivity index (χ1n) is 7.40. The molecule has 0 radical (unpaired) electrons. The zero-order chi connectivity index (χ0) is 15.2. The Morgan fingerprint density at radius 1 is 1.14 bits per heavy atom. The quantitative estimate of drug-likeness (QED) is 0.690. The molecule has 0 amide bonds. The third-order valence-electron chi connectivity index (χ3n) is 3.54. The summed E-state index contributed by atoms with van der Waals surface area (Å²) >= 11 is 5.87. The van der Waals surface area contributed by atoms with Crippen molar-refractivity contribution in [3.63, 3.8) is 0 Å². The second-order valence-electron chi connectivity index (χ2n) is 5.37. The van der Waals surface area contributed by atoms with Gasteiger partial charge in [0.15, 0.2) is 0 Å². The molecule has 2 aromatic carbocycles. The zero-order valence-electron chi connectivity index (χ0n) is 12.5. The van der Waals surface area contributed by atoms with E-state index in [-0.39, 0.29) is 11.9 Å². The van der Waals surface area contributed by atoms with Gasteiger partial charge in [-0.1, -0.05) is 49.2 Å². The molecule has 0 bridgehead atoms. The van der Waals surface area contributed by atoms with Crippen molar-refractivity contribution in [2.45, 2.75) is 39.2 Å². The maximum atomic E-state index is 13.3. The number of halogens is 2. The number of hydrogen-bond donors (Lipinski definition) is 1. The molecule has 3 heteroatoms. The fourth-order valence-electron chi connectivity index (χ4n) is 2.32. The minimum atomic E-state index is -0.327. The minimum absolute atomic E-state index is 0.100. The van der Waals surface area contributed by atoms with Gasteiger partial charge in [-0.15, -0.1) is 0 Å². The van der Waals surface area contributed by atoms with Crippen molar-refractivity contribution in [1.29, 1.82) is 0 Å². The van der Waals surface area contributed by atoms with Gasteiger partial charge in [0.05, 0.1) is 0 Å². The molecular formula is C18H21ClFN. The van der Waals surface area contributed by atoms with E-state index >= 15 is 0 Å². The van der Waals surface area contributed by atoms with E-state index in [0.717, 1.165) is 6.42 Å². The largest absolute Gasteiger partial charge is 0.378 e. The molecule has 1 N–H and O–H groups in total. The summed E-state index contributed by atoms with van der Waals surface area (Å²) < 4.78 is 13.3. The lowest BCUT2D eigenvalue weighted by atomic mass is 10.0. The van der Waals surface area contributed by atoms with Crippen molar-refractivity contribution in [3.05, 3.63) is 64.4 Å². The molecule has 0 aromatic heterocycles. The summed E-state index contributed by atoms with van der Waals surface area (Å²) in [6.07, 6.45) is 3.55. The number of hydrogen-bond acceptors (Lipinski definition) is 1.